The fraction of sp³-hybridized carbons (Fsp3) is 0.231. The number of phenolic OH excluding ortho intramolecular Hbond substituents is 1. The zero-order chi connectivity index (χ0) is 13.9. The summed E-state index contributed by atoms with van der Waals surface area (Å²) >= 11 is 1.49. The number of imidazole rings is 1. The van der Waals surface area contributed by atoms with Gasteiger partial charge >= 0.3 is 0 Å². The molecule has 0 radical (unpaired) electrons. The topological polar surface area (TPSA) is 71.7 Å². The van der Waals surface area contributed by atoms with Gasteiger partial charge in [-0.25, -0.2) is 9.50 Å². The molecule has 3 aromatic rings. The molecule has 0 fully saturated rings. The largest absolute Gasteiger partial charge is 0.508 e. The molecule has 0 aliphatic carbocycles. The molecule has 0 amide bonds. The lowest BCUT2D eigenvalue weighted by atomic mass is 10.2. The van der Waals surface area contributed by atoms with E-state index < -0.39 is 0 Å². The molecular formula is C13H14N4O2S. The number of aromatic nitrogens is 3. The number of nitrogens with zero attached hydrogens (tertiary/aromatic N) is 3. The minimum Gasteiger partial charge on any atom is -0.508 e. The van der Waals surface area contributed by atoms with Crippen molar-refractivity contribution in [1.29, 1.82) is 0 Å². The van der Waals surface area contributed by atoms with E-state index in [1.54, 1.807) is 23.8 Å². The van der Waals surface area contributed by atoms with Crippen LogP contribution in [0.4, 0.5) is 5.13 Å². The number of fused-ring (bicyclic) bond motifs is 1. The van der Waals surface area contributed by atoms with Crippen molar-refractivity contribution < 1.29 is 9.84 Å². The normalized spacial score (nSPS) is 11.1. The van der Waals surface area contributed by atoms with E-state index >= 15 is 0 Å². The van der Waals surface area contributed by atoms with Crippen molar-refractivity contribution in [2.45, 2.75) is 0 Å². The first-order chi connectivity index (χ1) is 9.76. The number of benzene rings is 1. The average molecular weight is 290 g/mol. The van der Waals surface area contributed by atoms with Gasteiger partial charge in [-0.15, -0.1) is 5.10 Å². The van der Waals surface area contributed by atoms with Crippen LogP contribution in [0.25, 0.3) is 16.2 Å². The molecule has 0 saturated carbocycles. The van der Waals surface area contributed by atoms with Gasteiger partial charge in [-0.2, -0.15) is 0 Å². The molecule has 20 heavy (non-hydrogen) atoms. The fourth-order valence-electron chi connectivity index (χ4n) is 1.80. The van der Waals surface area contributed by atoms with Crippen LogP contribution in [0.2, 0.25) is 0 Å². The second-order valence-corrected chi connectivity index (χ2v) is 5.18. The molecule has 0 aliphatic heterocycles. The number of hydrogen-bond donors (Lipinski definition) is 2. The molecule has 7 heteroatoms. The Kier molecular flexibility index (Phi) is 3.53. The highest BCUT2D eigenvalue weighted by Gasteiger charge is 2.09. The number of rotatable bonds is 5. The maximum Gasteiger partial charge on any atom is 0.214 e. The van der Waals surface area contributed by atoms with E-state index in [1.807, 2.05) is 18.3 Å². The highest BCUT2D eigenvalue weighted by molar-refractivity contribution is 7.20. The summed E-state index contributed by atoms with van der Waals surface area (Å²) < 4.78 is 6.73. The zero-order valence-corrected chi connectivity index (χ0v) is 11.7. The summed E-state index contributed by atoms with van der Waals surface area (Å²) in [6, 6.07) is 6.96. The van der Waals surface area contributed by atoms with E-state index in [-0.39, 0.29) is 5.75 Å². The number of anilines is 1. The lowest BCUT2D eigenvalue weighted by Crippen LogP contribution is -2.07. The number of phenols is 1. The molecule has 0 saturated heterocycles. The number of hydrogen-bond acceptors (Lipinski definition) is 6. The average Bonchev–Trinajstić information content (AvgIpc) is 2.98. The van der Waals surface area contributed by atoms with Crippen LogP contribution >= 0.6 is 11.3 Å². The van der Waals surface area contributed by atoms with Crippen molar-refractivity contribution in [2.24, 2.45) is 0 Å². The van der Waals surface area contributed by atoms with Crippen LogP contribution in [0.3, 0.4) is 0 Å². The summed E-state index contributed by atoms with van der Waals surface area (Å²) in [4.78, 5) is 5.35. The maximum atomic E-state index is 9.29. The molecule has 3 rings (SSSR count). The number of ether oxygens (including phenoxy) is 1. The molecule has 1 aromatic carbocycles. The predicted octanol–water partition coefficient (Wildman–Crippen LogP) is 2.22. The summed E-state index contributed by atoms with van der Waals surface area (Å²) in [6.45, 7) is 1.36. The molecule has 0 bridgehead atoms. The maximum absolute atomic E-state index is 9.29. The van der Waals surface area contributed by atoms with Gasteiger partial charge in [-0.3, -0.25) is 0 Å². The molecule has 2 heterocycles. The van der Waals surface area contributed by atoms with Gasteiger partial charge in [0.25, 0.3) is 0 Å². The summed E-state index contributed by atoms with van der Waals surface area (Å²) in [5.41, 5.74) is 1.79. The first-order valence-corrected chi connectivity index (χ1v) is 6.96. The monoisotopic (exact) mass is 290 g/mol. The SMILES string of the molecule is COCCNc1nn2cc(-c3ccc(O)cc3)nc2s1. The van der Waals surface area contributed by atoms with Gasteiger partial charge in [0.05, 0.1) is 18.5 Å². The number of methoxy groups -OCH3 is 1. The van der Waals surface area contributed by atoms with Gasteiger partial charge in [0.1, 0.15) is 5.75 Å². The van der Waals surface area contributed by atoms with E-state index in [0.717, 1.165) is 27.9 Å². The van der Waals surface area contributed by atoms with Crippen molar-refractivity contribution in [3.8, 4) is 17.0 Å². The van der Waals surface area contributed by atoms with Crippen LogP contribution in [-0.2, 0) is 4.74 Å². The van der Waals surface area contributed by atoms with Gasteiger partial charge in [0.2, 0.25) is 10.1 Å². The molecule has 2 aromatic heterocycles. The van der Waals surface area contributed by atoms with Gasteiger partial charge in [0.15, 0.2) is 0 Å². The smallest absolute Gasteiger partial charge is 0.214 e. The molecule has 0 unspecified atom stereocenters. The highest BCUT2D eigenvalue weighted by Crippen LogP contribution is 2.25. The van der Waals surface area contributed by atoms with E-state index in [9.17, 15) is 5.11 Å². The summed E-state index contributed by atoms with van der Waals surface area (Å²) in [5.74, 6) is 0.248. The number of nitrogens with one attached hydrogen (secondary N) is 1. The fourth-order valence-corrected chi connectivity index (χ4v) is 2.61. The third-order valence-corrected chi connectivity index (χ3v) is 3.67. The van der Waals surface area contributed by atoms with Crippen molar-refractivity contribution in [3.63, 3.8) is 0 Å². The Morgan fingerprint density at radius 3 is 2.85 bits per heavy atom. The van der Waals surface area contributed by atoms with Crippen molar-refractivity contribution >= 4 is 21.4 Å². The van der Waals surface area contributed by atoms with Gasteiger partial charge in [-0.05, 0) is 24.3 Å². The lowest BCUT2D eigenvalue weighted by Gasteiger charge is -1.99. The van der Waals surface area contributed by atoms with Crippen LogP contribution < -0.4 is 5.32 Å². The Bertz CT molecular complexity index is 673. The van der Waals surface area contributed by atoms with Gasteiger partial charge in [-0.1, -0.05) is 11.3 Å². The Hall–Kier alpha value is -2.12. The van der Waals surface area contributed by atoms with Crippen molar-refractivity contribution in [2.75, 3.05) is 25.6 Å². The first-order valence-electron chi connectivity index (χ1n) is 6.15. The summed E-state index contributed by atoms with van der Waals surface area (Å²) in [7, 11) is 1.67. The minimum atomic E-state index is 0.248. The van der Waals surface area contributed by atoms with Gasteiger partial charge < -0.3 is 15.2 Å². The van der Waals surface area contributed by atoms with Crippen LogP contribution in [0, 0.1) is 0 Å². The van der Waals surface area contributed by atoms with E-state index in [2.05, 4.69) is 15.4 Å². The Labute approximate surface area is 119 Å². The molecular weight excluding hydrogens is 276 g/mol. The van der Waals surface area contributed by atoms with Crippen LogP contribution in [0.15, 0.2) is 30.5 Å². The Morgan fingerprint density at radius 2 is 2.15 bits per heavy atom. The zero-order valence-electron chi connectivity index (χ0n) is 10.9. The second kappa shape index (κ2) is 5.48. The third-order valence-electron chi connectivity index (χ3n) is 2.79. The van der Waals surface area contributed by atoms with Gasteiger partial charge in [0, 0.05) is 19.2 Å². The van der Waals surface area contributed by atoms with Crippen LogP contribution in [0.5, 0.6) is 5.75 Å². The van der Waals surface area contributed by atoms with E-state index in [0.29, 0.717) is 6.61 Å². The quantitative estimate of drug-likeness (QED) is 0.705. The Balaban J connectivity index is 1.81. The lowest BCUT2D eigenvalue weighted by molar-refractivity contribution is 0.210. The number of aromatic hydroxyl groups is 1. The van der Waals surface area contributed by atoms with Crippen LogP contribution in [-0.4, -0.2) is 40.0 Å². The third kappa shape index (κ3) is 2.59. The van der Waals surface area contributed by atoms with Crippen molar-refractivity contribution in [3.05, 3.63) is 30.5 Å². The van der Waals surface area contributed by atoms with Crippen LogP contribution in [0.1, 0.15) is 0 Å². The standard InChI is InChI=1S/C13H14N4O2S/c1-19-7-6-14-12-16-17-8-11(15-13(17)20-12)9-2-4-10(18)5-3-9/h2-5,8,18H,6-7H2,1H3,(H,14,16). The molecule has 104 valence electrons. The first kappa shape index (κ1) is 12.9. The molecule has 0 aliphatic rings. The molecule has 2 N–H and O–H groups in total. The second-order valence-electron chi connectivity index (χ2n) is 4.23. The summed E-state index contributed by atoms with van der Waals surface area (Å²) in [6.07, 6.45) is 1.87. The molecule has 0 atom stereocenters. The van der Waals surface area contributed by atoms with E-state index in [1.165, 1.54) is 11.3 Å². The van der Waals surface area contributed by atoms with E-state index in [4.69, 9.17) is 4.74 Å². The summed E-state index contributed by atoms with van der Waals surface area (Å²) in [5, 5.41) is 17.7. The Morgan fingerprint density at radius 1 is 1.35 bits per heavy atom. The predicted molar refractivity (Wildman–Crippen MR) is 78.3 cm³/mol. The highest BCUT2D eigenvalue weighted by atomic mass is 32.1. The molecule has 6 nitrogen and oxygen atoms in total. The van der Waals surface area contributed by atoms with Crippen molar-refractivity contribution in [1.82, 2.24) is 14.6 Å². The minimum absolute atomic E-state index is 0.248. The molecule has 0 spiro atoms.